The van der Waals surface area contributed by atoms with Crippen molar-refractivity contribution in [3.63, 3.8) is 0 Å². The van der Waals surface area contributed by atoms with Crippen LogP contribution in [0.15, 0.2) is 53.4 Å². The van der Waals surface area contributed by atoms with E-state index in [0.29, 0.717) is 5.56 Å². The Morgan fingerprint density at radius 1 is 1.11 bits per heavy atom. The number of sulfonamides is 1. The molecule has 0 aliphatic heterocycles. The largest absolute Gasteiger partial charge is 0.345 e. The quantitative estimate of drug-likeness (QED) is 0.875. The predicted octanol–water partition coefficient (Wildman–Crippen LogP) is 3.48. The van der Waals surface area contributed by atoms with Crippen LogP contribution in [0, 0.1) is 0 Å². The zero-order chi connectivity index (χ0) is 19.8. The van der Waals surface area contributed by atoms with Crippen LogP contribution in [0.5, 0.6) is 0 Å². The number of carbonyl (C=O) groups excluding carboxylic acids is 1. The van der Waals surface area contributed by atoms with Crippen molar-refractivity contribution < 1.29 is 13.2 Å². The number of amides is 1. The first-order chi connectivity index (χ1) is 12.6. The van der Waals surface area contributed by atoms with Gasteiger partial charge in [0, 0.05) is 19.7 Å². The van der Waals surface area contributed by atoms with E-state index in [1.807, 2.05) is 12.1 Å². The number of carbonyl (C=O) groups is 1. The van der Waals surface area contributed by atoms with Crippen molar-refractivity contribution in [1.29, 1.82) is 0 Å². The van der Waals surface area contributed by atoms with E-state index >= 15 is 0 Å². The molecule has 1 amide bonds. The van der Waals surface area contributed by atoms with Gasteiger partial charge in [0.15, 0.2) is 0 Å². The van der Waals surface area contributed by atoms with Gasteiger partial charge in [0.25, 0.3) is 5.91 Å². The Labute approximate surface area is 161 Å². The van der Waals surface area contributed by atoms with Crippen LogP contribution in [0.2, 0.25) is 0 Å². The smallest absolute Gasteiger partial charge is 0.251 e. The molecule has 0 fully saturated rings. The Balaban J connectivity index is 1.87. The molecule has 144 valence electrons. The minimum Gasteiger partial charge on any atom is -0.345 e. The molecule has 0 heterocycles. The van der Waals surface area contributed by atoms with Crippen molar-refractivity contribution in [2.45, 2.75) is 43.0 Å². The van der Waals surface area contributed by atoms with Gasteiger partial charge in [-0.1, -0.05) is 44.2 Å². The van der Waals surface area contributed by atoms with Gasteiger partial charge in [-0.25, -0.2) is 12.7 Å². The monoisotopic (exact) mass is 386 g/mol. The van der Waals surface area contributed by atoms with Crippen LogP contribution in [-0.2, 0) is 15.4 Å². The Morgan fingerprint density at radius 2 is 1.81 bits per heavy atom. The average Bonchev–Trinajstić information content (AvgIpc) is 2.64. The second-order valence-corrected chi connectivity index (χ2v) is 10.0. The standard InChI is InChI=1S/C21H26N2O3S/c1-21(2)13-12-19(17-10-5-6-11-18(17)21)22-20(24)15-8-7-9-16(14-15)27(25,26)23(3)4/h5-11,14,19H,12-13H2,1-4H3,(H,22,24). The van der Waals surface area contributed by atoms with Gasteiger partial charge in [0.05, 0.1) is 10.9 Å². The molecule has 1 N–H and O–H groups in total. The first-order valence-electron chi connectivity index (χ1n) is 9.06. The summed E-state index contributed by atoms with van der Waals surface area (Å²) in [7, 11) is -0.627. The van der Waals surface area contributed by atoms with Gasteiger partial charge < -0.3 is 5.32 Å². The van der Waals surface area contributed by atoms with Crippen molar-refractivity contribution >= 4 is 15.9 Å². The Morgan fingerprint density at radius 3 is 2.52 bits per heavy atom. The zero-order valence-corrected chi connectivity index (χ0v) is 17.0. The van der Waals surface area contributed by atoms with Crippen LogP contribution >= 0.6 is 0 Å². The maximum Gasteiger partial charge on any atom is 0.251 e. The highest BCUT2D eigenvalue weighted by atomic mass is 32.2. The van der Waals surface area contributed by atoms with Gasteiger partial charge in [0.2, 0.25) is 10.0 Å². The Bertz CT molecular complexity index is 965. The molecule has 0 spiro atoms. The molecular weight excluding hydrogens is 360 g/mol. The fraction of sp³-hybridized carbons (Fsp3) is 0.381. The lowest BCUT2D eigenvalue weighted by atomic mass is 9.71. The number of hydrogen-bond donors (Lipinski definition) is 1. The van der Waals surface area contributed by atoms with E-state index in [2.05, 4.69) is 31.3 Å². The van der Waals surface area contributed by atoms with Gasteiger partial charge in [-0.2, -0.15) is 0 Å². The molecule has 0 radical (unpaired) electrons. The molecule has 0 aromatic heterocycles. The van der Waals surface area contributed by atoms with E-state index in [4.69, 9.17) is 0 Å². The van der Waals surface area contributed by atoms with Crippen molar-refractivity contribution in [3.05, 3.63) is 65.2 Å². The van der Waals surface area contributed by atoms with E-state index in [0.717, 1.165) is 22.7 Å². The first-order valence-corrected chi connectivity index (χ1v) is 10.5. The third kappa shape index (κ3) is 3.77. The van der Waals surface area contributed by atoms with Gasteiger partial charge in [-0.05, 0) is 47.6 Å². The topological polar surface area (TPSA) is 66.5 Å². The fourth-order valence-corrected chi connectivity index (χ4v) is 4.56. The lowest BCUT2D eigenvalue weighted by Gasteiger charge is -2.37. The van der Waals surface area contributed by atoms with Crippen LogP contribution in [0.1, 0.15) is 54.2 Å². The van der Waals surface area contributed by atoms with Crippen LogP contribution in [0.25, 0.3) is 0 Å². The van der Waals surface area contributed by atoms with Crippen molar-refractivity contribution in [2.75, 3.05) is 14.1 Å². The highest BCUT2D eigenvalue weighted by Gasteiger charge is 2.33. The van der Waals surface area contributed by atoms with E-state index in [1.54, 1.807) is 12.1 Å². The number of fused-ring (bicyclic) bond motifs is 1. The van der Waals surface area contributed by atoms with E-state index in [9.17, 15) is 13.2 Å². The van der Waals surface area contributed by atoms with E-state index in [1.165, 1.54) is 31.8 Å². The molecular formula is C21H26N2O3S. The maximum absolute atomic E-state index is 12.8. The number of hydrogen-bond acceptors (Lipinski definition) is 3. The second kappa shape index (κ2) is 7.09. The number of nitrogens with zero attached hydrogens (tertiary/aromatic N) is 1. The van der Waals surface area contributed by atoms with Crippen LogP contribution in [-0.4, -0.2) is 32.7 Å². The number of nitrogens with one attached hydrogen (secondary N) is 1. The summed E-state index contributed by atoms with van der Waals surface area (Å²) in [6.45, 7) is 4.44. The minimum absolute atomic E-state index is 0.0733. The van der Waals surface area contributed by atoms with Crippen LogP contribution in [0.3, 0.4) is 0 Å². The van der Waals surface area contributed by atoms with Gasteiger partial charge in [-0.15, -0.1) is 0 Å². The maximum atomic E-state index is 12.8. The molecule has 1 unspecified atom stereocenters. The summed E-state index contributed by atoms with van der Waals surface area (Å²) in [5.74, 6) is -0.259. The molecule has 0 bridgehead atoms. The van der Waals surface area contributed by atoms with Crippen molar-refractivity contribution in [1.82, 2.24) is 9.62 Å². The lowest BCUT2D eigenvalue weighted by molar-refractivity contribution is 0.0929. The first kappa shape index (κ1) is 19.6. The molecule has 27 heavy (non-hydrogen) atoms. The summed E-state index contributed by atoms with van der Waals surface area (Å²) in [6, 6.07) is 14.3. The summed E-state index contributed by atoms with van der Waals surface area (Å²) in [4.78, 5) is 12.9. The molecule has 2 aromatic rings. The molecule has 3 rings (SSSR count). The van der Waals surface area contributed by atoms with E-state index < -0.39 is 10.0 Å². The molecule has 1 aliphatic carbocycles. The van der Waals surface area contributed by atoms with Crippen molar-refractivity contribution in [2.24, 2.45) is 0 Å². The third-order valence-electron chi connectivity index (χ3n) is 5.30. The Hall–Kier alpha value is -2.18. The van der Waals surface area contributed by atoms with E-state index in [-0.39, 0.29) is 22.3 Å². The summed E-state index contributed by atoms with van der Waals surface area (Å²) < 4.78 is 25.8. The molecule has 1 atom stereocenters. The van der Waals surface area contributed by atoms with Gasteiger partial charge >= 0.3 is 0 Å². The third-order valence-corrected chi connectivity index (χ3v) is 7.11. The second-order valence-electron chi connectivity index (χ2n) is 7.85. The minimum atomic E-state index is -3.58. The van der Waals surface area contributed by atoms with Gasteiger partial charge in [-0.3, -0.25) is 4.79 Å². The SMILES string of the molecule is CN(C)S(=O)(=O)c1cccc(C(=O)NC2CCC(C)(C)c3ccccc32)c1. The molecule has 5 nitrogen and oxygen atoms in total. The summed E-state index contributed by atoms with van der Waals surface area (Å²) >= 11 is 0. The van der Waals surface area contributed by atoms with Crippen LogP contribution < -0.4 is 5.32 Å². The predicted molar refractivity (Wildman–Crippen MR) is 106 cm³/mol. The zero-order valence-electron chi connectivity index (χ0n) is 16.2. The number of rotatable bonds is 4. The molecule has 1 aliphatic rings. The summed E-state index contributed by atoms with van der Waals surface area (Å²) in [6.07, 6.45) is 1.83. The molecule has 0 saturated carbocycles. The molecule has 6 heteroatoms. The molecule has 2 aromatic carbocycles. The van der Waals surface area contributed by atoms with Crippen LogP contribution in [0.4, 0.5) is 0 Å². The number of benzene rings is 2. The summed E-state index contributed by atoms with van der Waals surface area (Å²) in [5.41, 5.74) is 2.82. The lowest BCUT2D eigenvalue weighted by Crippen LogP contribution is -2.35. The highest BCUT2D eigenvalue weighted by Crippen LogP contribution is 2.41. The average molecular weight is 387 g/mol. The van der Waals surface area contributed by atoms with Crippen molar-refractivity contribution in [3.8, 4) is 0 Å². The molecule has 0 saturated heterocycles. The highest BCUT2D eigenvalue weighted by molar-refractivity contribution is 7.89. The fourth-order valence-electron chi connectivity index (χ4n) is 3.61. The van der Waals surface area contributed by atoms with Gasteiger partial charge in [0.1, 0.15) is 0 Å². The normalized spacial score (nSPS) is 18.8. The summed E-state index contributed by atoms with van der Waals surface area (Å²) in [5, 5.41) is 3.09. The Kier molecular flexibility index (Phi) is 5.14.